The highest BCUT2D eigenvalue weighted by Gasteiger charge is 2.07. The Bertz CT molecular complexity index is 825. The first-order valence-electron chi connectivity index (χ1n) is 6.61. The van der Waals surface area contributed by atoms with E-state index in [-0.39, 0.29) is 0 Å². The summed E-state index contributed by atoms with van der Waals surface area (Å²) >= 11 is 0. The van der Waals surface area contributed by atoms with Crippen LogP contribution in [0.3, 0.4) is 0 Å². The fourth-order valence-electron chi connectivity index (χ4n) is 2.67. The standard InChI is InChI=1S/C18H12N2/c1-2-8-17-15(5-1)14(10-12-20-17)13-6-3-9-18-16(13)7-4-11-19-18/h1-12H. The molecule has 0 atom stereocenters. The number of nitrogens with zero attached hydrogens (tertiary/aromatic N) is 2. The Morgan fingerprint density at radius 2 is 1.15 bits per heavy atom. The minimum Gasteiger partial charge on any atom is -0.256 e. The smallest absolute Gasteiger partial charge is 0.0708 e. The number of fused-ring (bicyclic) bond motifs is 2. The summed E-state index contributed by atoms with van der Waals surface area (Å²) in [6.07, 6.45) is 3.70. The first kappa shape index (κ1) is 11.1. The van der Waals surface area contributed by atoms with Crippen molar-refractivity contribution in [3.05, 3.63) is 73.1 Å². The van der Waals surface area contributed by atoms with Crippen molar-refractivity contribution < 1.29 is 0 Å². The summed E-state index contributed by atoms with van der Waals surface area (Å²) in [7, 11) is 0. The number of benzene rings is 2. The average Bonchev–Trinajstić information content (AvgIpc) is 2.54. The lowest BCUT2D eigenvalue weighted by Gasteiger charge is -2.09. The van der Waals surface area contributed by atoms with Crippen molar-refractivity contribution in [2.45, 2.75) is 0 Å². The maximum atomic E-state index is 4.43. The average molecular weight is 256 g/mol. The van der Waals surface area contributed by atoms with E-state index in [2.05, 4.69) is 46.4 Å². The van der Waals surface area contributed by atoms with E-state index in [0.29, 0.717) is 0 Å². The second kappa shape index (κ2) is 4.42. The number of hydrogen-bond acceptors (Lipinski definition) is 2. The monoisotopic (exact) mass is 256 g/mol. The minimum atomic E-state index is 1.02. The molecule has 0 amide bonds. The van der Waals surface area contributed by atoms with E-state index in [1.165, 1.54) is 21.9 Å². The Morgan fingerprint density at radius 3 is 2.05 bits per heavy atom. The third kappa shape index (κ3) is 1.66. The van der Waals surface area contributed by atoms with Gasteiger partial charge in [0.2, 0.25) is 0 Å². The van der Waals surface area contributed by atoms with Crippen LogP contribution in [0.25, 0.3) is 32.9 Å². The second-order valence-corrected chi connectivity index (χ2v) is 4.75. The molecule has 0 saturated carbocycles. The van der Waals surface area contributed by atoms with Gasteiger partial charge in [0.15, 0.2) is 0 Å². The molecule has 2 aromatic carbocycles. The summed E-state index contributed by atoms with van der Waals surface area (Å²) in [5, 5.41) is 2.35. The van der Waals surface area contributed by atoms with E-state index in [9.17, 15) is 0 Å². The van der Waals surface area contributed by atoms with E-state index in [1.54, 1.807) is 0 Å². The molecule has 0 N–H and O–H groups in total. The molecular formula is C18H12N2. The zero-order valence-corrected chi connectivity index (χ0v) is 10.8. The Labute approximate surface area is 116 Å². The number of rotatable bonds is 1. The van der Waals surface area contributed by atoms with E-state index >= 15 is 0 Å². The lowest BCUT2D eigenvalue weighted by atomic mass is 9.98. The highest BCUT2D eigenvalue weighted by Crippen LogP contribution is 2.32. The van der Waals surface area contributed by atoms with Crippen LogP contribution in [0.15, 0.2) is 73.1 Å². The molecule has 4 aromatic rings. The molecular weight excluding hydrogens is 244 g/mol. The molecule has 94 valence electrons. The Balaban J connectivity index is 2.12. The van der Waals surface area contributed by atoms with E-state index in [0.717, 1.165) is 11.0 Å². The maximum absolute atomic E-state index is 4.43. The van der Waals surface area contributed by atoms with E-state index in [4.69, 9.17) is 0 Å². The molecule has 0 aliphatic carbocycles. The summed E-state index contributed by atoms with van der Waals surface area (Å²) in [5.74, 6) is 0. The van der Waals surface area contributed by atoms with Crippen molar-refractivity contribution in [3.8, 4) is 11.1 Å². The van der Waals surface area contributed by atoms with E-state index < -0.39 is 0 Å². The first-order valence-corrected chi connectivity index (χ1v) is 6.61. The van der Waals surface area contributed by atoms with Crippen LogP contribution in [0.2, 0.25) is 0 Å². The van der Waals surface area contributed by atoms with Gasteiger partial charge in [-0.15, -0.1) is 0 Å². The van der Waals surface area contributed by atoms with Crippen LogP contribution < -0.4 is 0 Å². The van der Waals surface area contributed by atoms with Crippen LogP contribution in [0, 0.1) is 0 Å². The molecule has 4 rings (SSSR count). The van der Waals surface area contributed by atoms with Crippen LogP contribution in [-0.4, -0.2) is 9.97 Å². The van der Waals surface area contributed by atoms with Gasteiger partial charge in [0, 0.05) is 23.2 Å². The van der Waals surface area contributed by atoms with Gasteiger partial charge in [-0.3, -0.25) is 9.97 Å². The van der Waals surface area contributed by atoms with Crippen molar-refractivity contribution in [3.63, 3.8) is 0 Å². The molecule has 20 heavy (non-hydrogen) atoms. The lowest BCUT2D eigenvalue weighted by molar-refractivity contribution is 1.40. The van der Waals surface area contributed by atoms with Gasteiger partial charge in [-0.05, 0) is 35.4 Å². The van der Waals surface area contributed by atoms with Crippen LogP contribution in [-0.2, 0) is 0 Å². The van der Waals surface area contributed by atoms with Crippen LogP contribution in [0.1, 0.15) is 0 Å². The molecule has 0 aliphatic heterocycles. The number of hydrogen-bond donors (Lipinski definition) is 0. The van der Waals surface area contributed by atoms with Gasteiger partial charge in [0.05, 0.1) is 11.0 Å². The molecule has 0 bridgehead atoms. The zero-order chi connectivity index (χ0) is 13.4. The molecule has 0 radical (unpaired) electrons. The van der Waals surface area contributed by atoms with Gasteiger partial charge in [0.1, 0.15) is 0 Å². The summed E-state index contributed by atoms with van der Waals surface area (Å²) in [6, 6.07) is 20.6. The molecule has 2 heterocycles. The predicted octanol–water partition coefficient (Wildman–Crippen LogP) is 4.45. The van der Waals surface area contributed by atoms with Gasteiger partial charge in [0.25, 0.3) is 0 Å². The Kier molecular flexibility index (Phi) is 2.46. The maximum Gasteiger partial charge on any atom is 0.0708 e. The molecule has 0 aliphatic rings. The van der Waals surface area contributed by atoms with Gasteiger partial charge in [-0.1, -0.05) is 36.4 Å². The second-order valence-electron chi connectivity index (χ2n) is 4.75. The number of para-hydroxylation sites is 1. The Hall–Kier alpha value is -2.74. The normalized spacial score (nSPS) is 11.0. The topological polar surface area (TPSA) is 25.8 Å². The quantitative estimate of drug-likeness (QED) is 0.503. The van der Waals surface area contributed by atoms with E-state index in [1.807, 2.05) is 36.7 Å². The molecule has 2 nitrogen and oxygen atoms in total. The number of aromatic nitrogens is 2. The highest BCUT2D eigenvalue weighted by molar-refractivity contribution is 6.03. The van der Waals surface area contributed by atoms with Gasteiger partial charge in [-0.2, -0.15) is 0 Å². The highest BCUT2D eigenvalue weighted by atomic mass is 14.7. The molecule has 0 spiro atoms. The van der Waals surface area contributed by atoms with Gasteiger partial charge >= 0.3 is 0 Å². The zero-order valence-electron chi connectivity index (χ0n) is 10.8. The molecule has 0 unspecified atom stereocenters. The summed E-state index contributed by atoms with van der Waals surface area (Å²) in [5.41, 5.74) is 4.44. The van der Waals surface area contributed by atoms with Crippen molar-refractivity contribution >= 4 is 21.8 Å². The molecule has 2 heteroatoms. The third-order valence-corrected chi connectivity index (χ3v) is 3.58. The van der Waals surface area contributed by atoms with Crippen molar-refractivity contribution in [1.29, 1.82) is 0 Å². The van der Waals surface area contributed by atoms with Crippen LogP contribution in [0.4, 0.5) is 0 Å². The fourth-order valence-corrected chi connectivity index (χ4v) is 2.67. The van der Waals surface area contributed by atoms with Crippen LogP contribution in [0.5, 0.6) is 0 Å². The van der Waals surface area contributed by atoms with Crippen molar-refractivity contribution in [2.75, 3.05) is 0 Å². The SMILES string of the molecule is c1cc(-c2ccnc3ccccc23)c2cccnc2c1. The van der Waals surface area contributed by atoms with Crippen LogP contribution >= 0.6 is 0 Å². The number of pyridine rings is 2. The summed E-state index contributed by atoms with van der Waals surface area (Å²) < 4.78 is 0. The van der Waals surface area contributed by atoms with Crippen molar-refractivity contribution in [1.82, 2.24) is 9.97 Å². The molecule has 0 fully saturated rings. The molecule has 2 aromatic heterocycles. The van der Waals surface area contributed by atoms with Gasteiger partial charge < -0.3 is 0 Å². The third-order valence-electron chi connectivity index (χ3n) is 3.58. The minimum absolute atomic E-state index is 1.02. The predicted molar refractivity (Wildman–Crippen MR) is 82.5 cm³/mol. The fraction of sp³-hybridized carbons (Fsp3) is 0. The molecule has 0 saturated heterocycles. The summed E-state index contributed by atoms with van der Waals surface area (Å²) in [4.78, 5) is 8.86. The lowest BCUT2D eigenvalue weighted by Crippen LogP contribution is -1.86. The van der Waals surface area contributed by atoms with Crippen molar-refractivity contribution in [2.24, 2.45) is 0 Å². The Morgan fingerprint density at radius 1 is 0.500 bits per heavy atom. The largest absolute Gasteiger partial charge is 0.256 e. The summed E-state index contributed by atoms with van der Waals surface area (Å²) in [6.45, 7) is 0. The first-order chi connectivity index (χ1) is 9.93. The van der Waals surface area contributed by atoms with Gasteiger partial charge in [-0.25, -0.2) is 0 Å².